The first-order chi connectivity index (χ1) is 8.21. The summed E-state index contributed by atoms with van der Waals surface area (Å²) < 4.78 is 76.0. The fraction of sp³-hybridized carbons (Fsp3) is 0.100. The lowest BCUT2D eigenvalue weighted by atomic mass is 10.1. The van der Waals surface area contributed by atoms with Crippen molar-refractivity contribution in [2.24, 2.45) is 0 Å². The maximum Gasteiger partial charge on any atom is 0.431 e. The molecule has 0 radical (unpaired) electrons. The van der Waals surface area contributed by atoms with Crippen LogP contribution in [0, 0.1) is 17.5 Å². The average Bonchev–Trinajstić information content (AvgIpc) is 2.26. The summed E-state index contributed by atoms with van der Waals surface area (Å²) in [7, 11) is 0. The van der Waals surface area contributed by atoms with Crippen LogP contribution in [0.1, 0.15) is 5.69 Å². The van der Waals surface area contributed by atoms with Gasteiger partial charge in [0.15, 0.2) is 22.9 Å². The predicted octanol–water partition coefficient (Wildman–Crippen LogP) is 2.96. The Labute approximate surface area is 94.9 Å². The van der Waals surface area contributed by atoms with E-state index in [2.05, 4.69) is 0 Å². The van der Waals surface area contributed by atoms with Gasteiger partial charge in [-0.05, 0) is 6.07 Å². The molecular formula is C10H3F6NO. The molecule has 0 saturated heterocycles. The lowest BCUT2D eigenvalue weighted by Gasteiger charge is -2.08. The van der Waals surface area contributed by atoms with Gasteiger partial charge in [0.25, 0.3) is 0 Å². The summed E-state index contributed by atoms with van der Waals surface area (Å²) in [5.41, 5.74) is -3.81. The van der Waals surface area contributed by atoms with Crippen molar-refractivity contribution in [2.45, 2.75) is 6.18 Å². The van der Waals surface area contributed by atoms with Gasteiger partial charge in [-0.2, -0.15) is 13.2 Å². The van der Waals surface area contributed by atoms with Gasteiger partial charge in [-0.3, -0.25) is 4.79 Å². The maximum absolute atomic E-state index is 13.3. The highest BCUT2D eigenvalue weighted by molar-refractivity contribution is 5.79. The van der Waals surface area contributed by atoms with E-state index in [4.69, 9.17) is 0 Å². The van der Waals surface area contributed by atoms with Gasteiger partial charge in [0.05, 0.1) is 10.9 Å². The monoisotopic (exact) mass is 267 g/mol. The van der Waals surface area contributed by atoms with Crippen molar-refractivity contribution in [1.82, 2.24) is 4.98 Å². The van der Waals surface area contributed by atoms with Crippen LogP contribution in [0.3, 0.4) is 0 Å². The third-order valence-electron chi connectivity index (χ3n) is 2.27. The highest BCUT2D eigenvalue weighted by atomic mass is 19.4. The molecule has 0 bridgehead atoms. The largest absolute Gasteiger partial charge is 0.431 e. The van der Waals surface area contributed by atoms with E-state index < -0.39 is 45.7 Å². The number of benzene rings is 1. The van der Waals surface area contributed by atoms with Gasteiger partial charge in [0.2, 0.25) is 0 Å². The van der Waals surface area contributed by atoms with E-state index in [0.717, 1.165) is 0 Å². The zero-order valence-electron chi connectivity index (χ0n) is 8.33. The molecule has 0 fully saturated rings. The Morgan fingerprint density at radius 3 is 2.17 bits per heavy atom. The zero-order chi connectivity index (χ0) is 13.7. The third-order valence-corrected chi connectivity index (χ3v) is 2.27. The van der Waals surface area contributed by atoms with Crippen LogP contribution in [0.15, 0.2) is 16.9 Å². The molecule has 18 heavy (non-hydrogen) atoms. The first-order valence-electron chi connectivity index (χ1n) is 4.49. The topological polar surface area (TPSA) is 32.9 Å². The summed E-state index contributed by atoms with van der Waals surface area (Å²) in [6.45, 7) is 0. The number of halogens is 6. The standard InChI is InChI=1S/C10H3F6NO/c11-4-1-3-5(18)2-6(10(14,15)16)17-9(3)8(13)7(4)12/h1-2H,(H,17,18). The number of rotatable bonds is 0. The van der Waals surface area contributed by atoms with Crippen molar-refractivity contribution in [3.63, 3.8) is 0 Å². The minimum atomic E-state index is -4.93. The number of pyridine rings is 1. The summed E-state index contributed by atoms with van der Waals surface area (Å²) in [4.78, 5) is 12.8. The molecule has 0 saturated carbocycles. The lowest BCUT2D eigenvalue weighted by Crippen LogP contribution is -2.15. The lowest BCUT2D eigenvalue weighted by molar-refractivity contribution is -0.141. The van der Waals surface area contributed by atoms with Gasteiger partial charge in [0.1, 0.15) is 5.69 Å². The fourth-order valence-corrected chi connectivity index (χ4v) is 1.44. The number of nitrogens with one attached hydrogen (secondary N) is 1. The predicted molar refractivity (Wildman–Crippen MR) is 49.4 cm³/mol. The minimum Gasteiger partial charge on any atom is -0.348 e. The molecule has 1 aromatic heterocycles. The molecule has 0 unspecified atom stereocenters. The van der Waals surface area contributed by atoms with Crippen LogP contribution in [0.2, 0.25) is 0 Å². The number of hydrogen-bond acceptors (Lipinski definition) is 1. The molecule has 0 spiro atoms. The molecular weight excluding hydrogens is 264 g/mol. The minimum absolute atomic E-state index is 0.152. The summed E-state index contributed by atoms with van der Waals surface area (Å²) in [5, 5.41) is -0.695. The van der Waals surface area contributed by atoms with Crippen molar-refractivity contribution >= 4 is 10.9 Å². The average molecular weight is 267 g/mol. The molecule has 2 nitrogen and oxygen atoms in total. The Morgan fingerprint density at radius 2 is 1.61 bits per heavy atom. The van der Waals surface area contributed by atoms with E-state index in [1.165, 1.54) is 4.98 Å². The van der Waals surface area contributed by atoms with E-state index in [-0.39, 0.29) is 6.07 Å². The summed E-state index contributed by atoms with van der Waals surface area (Å²) in [6.07, 6.45) is -4.93. The summed E-state index contributed by atoms with van der Waals surface area (Å²) in [5.74, 6) is -5.46. The van der Waals surface area contributed by atoms with Crippen molar-refractivity contribution in [1.29, 1.82) is 0 Å². The van der Waals surface area contributed by atoms with E-state index >= 15 is 0 Å². The van der Waals surface area contributed by atoms with Crippen molar-refractivity contribution in [3.05, 3.63) is 45.5 Å². The second-order valence-electron chi connectivity index (χ2n) is 3.45. The van der Waals surface area contributed by atoms with Crippen LogP contribution in [0.5, 0.6) is 0 Å². The second kappa shape index (κ2) is 3.76. The first-order valence-corrected chi connectivity index (χ1v) is 4.49. The summed E-state index contributed by atoms with van der Waals surface area (Å²) >= 11 is 0. The van der Waals surface area contributed by atoms with Crippen LogP contribution >= 0.6 is 0 Å². The molecule has 2 aromatic rings. The Hall–Kier alpha value is -1.99. The number of fused-ring (bicyclic) bond motifs is 1. The molecule has 1 N–H and O–H groups in total. The highest BCUT2D eigenvalue weighted by Gasteiger charge is 2.33. The number of H-pyrrole nitrogens is 1. The van der Waals surface area contributed by atoms with E-state index in [1.807, 2.05) is 0 Å². The highest BCUT2D eigenvalue weighted by Crippen LogP contribution is 2.28. The van der Waals surface area contributed by atoms with Crippen LogP contribution in [-0.2, 0) is 6.18 Å². The third kappa shape index (κ3) is 1.83. The van der Waals surface area contributed by atoms with Crippen molar-refractivity contribution < 1.29 is 26.3 Å². The molecule has 0 amide bonds. The van der Waals surface area contributed by atoms with Crippen LogP contribution in [0.4, 0.5) is 26.3 Å². The zero-order valence-corrected chi connectivity index (χ0v) is 8.33. The molecule has 0 aliphatic carbocycles. The Morgan fingerprint density at radius 1 is 1.00 bits per heavy atom. The Balaban J connectivity index is 2.93. The number of aromatic nitrogens is 1. The molecule has 2 rings (SSSR count). The molecule has 0 atom stereocenters. The van der Waals surface area contributed by atoms with E-state index in [0.29, 0.717) is 6.07 Å². The number of alkyl halides is 3. The van der Waals surface area contributed by atoms with Crippen molar-refractivity contribution in [3.8, 4) is 0 Å². The second-order valence-corrected chi connectivity index (χ2v) is 3.45. The van der Waals surface area contributed by atoms with Gasteiger partial charge in [-0.25, -0.2) is 13.2 Å². The van der Waals surface area contributed by atoms with Crippen molar-refractivity contribution in [2.75, 3.05) is 0 Å². The molecule has 96 valence electrons. The van der Waals surface area contributed by atoms with Gasteiger partial charge in [0, 0.05) is 6.07 Å². The summed E-state index contributed by atoms with van der Waals surface area (Å²) in [6, 6.07) is 0.492. The quantitative estimate of drug-likeness (QED) is 0.577. The SMILES string of the molecule is O=c1cc(C(F)(F)F)[nH]c2c(F)c(F)c(F)cc12. The number of aromatic amines is 1. The molecule has 8 heteroatoms. The Kier molecular flexibility index (Phi) is 2.60. The van der Waals surface area contributed by atoms with E-state index in [1.54, 1.807) is 0 Å². The van der Waals surface area contributed by atoms with E-state index in [9.17, 15) is 31.1 Å². The fourth-order valence-electron chi connectivity index (χ4n) is 1.44. The molecule has 0 aliphatic rings. The van der Waals surface area contributed by atoms with Crippen LogP contribution in [0.25, 0.3) is 10.9 Å². The molecule has 1 aromatic carbocycles. The Bertz CT molecular complexity index is 687. The smallest absolute Gasteiger partial charge is 0.348 e. The molecule has 1 heterocycles. The van der Waals surface area contributed by atoms with Gasteiger partial charge in [-0.15, -0.1) is 0 Å². The number of hydrogen-bond donors (Lipinski definition) is 1. The normalized spacial score (nSPS) is 12.1. The van der Waals surface area contributed by atoms with Crippen LogP contribution < -0.4 is 5.43 Å². The van der Waals surface area contributed by atoms with Crippen LogP contribution in [-0.4, -0.2) is 4.98 Å². The van der Waals surface area contributed by atoms with Gasteiger partial charge >= 0.3 is 6.18 Å². The van der Waals surface area contributed by atoms with Gasteiger partial charge < -0.3 is 4.98 Å². The van der Waals surface area contributed by atoms with Gasteiger partial charge in [-0.1, -0.05) is 0 Å². The molecule has 0 aliphatic heterocycles. The maximum atomic E-state index is 13.3. The first kappa shape index (κ1) is 12.5.